The maximum absolute atomic E-state index is 14.6. The zero-order valence-corrected chi connectivity index (χ0v) is 80.1. The minimum Gasteiger partial charge on any atom is -0.462 e. The Bertz CT molecular complexity index is 4020. The zero-order chi connectivity index (χ0) is 94.0. The number of urea groups is 2. The summed E-state index contributed by atoms with van der Waals surface area (Å²) >= 11 is 0. The number of esters is 2. The summed E-state index contributed by atoms with van der Waals surface area (Å²) in [5.41, 5.74) is -0.119. The second kappa shape index (κ2) is 42.9. The number of carbonyl (C=O) groups excluding carboxylic acids is 4. The van der Waals surface area contributed by atoms with Gasteiger partial charge in [0.15, 0.2) is 36.7 Å². The Balaban J connectivity index is 0.560. The largest absolute Gasteiger partial charge is 0.462 e. The first kappa shape index (κ1) is 101. The number of fused-ring (bicyclic) bond motifs is 4. The van der Waals surface area contributed by atoms with Crippen molar-refractivity contribution < 1.29 is 134 Å². The van der Waals surface area contributed by atoms with Crippen molar-refractivity contribution in [2.24, 2.45) is 47.3 Å². The normalized spacial score (nSPS) is 47.1. The SMILES string of the molecule is CCC(C)[C@H]1O[C@]2(C=C[C@@H]1C)C[C@@H]1C[C@@H](C/C=C(\C)[C@@H](O[C@H]3C[C@H](OC)[C@@H](O[C@H]4C[C@H](OC)[C@H](NC(=O)NCNC(=O)N[C@@H]5[C@H](C)O[C@@H](O[C@H]6[C@H](C)O[C@@H](O[C@@H]7/C(C)=C/C[C@@H]8C[C@@H](C[C@]9(C=C[C@H](C)[C@@H](C(C)CC)O9)O8)OC(=O)[C@@H]8C=C(C)[C@@H](O)[C@H]9OC/C(=C\C=C\[C@@H]7C)[C@]98O)C[C@@H]6OC)C[C@@H]5OC)[C@H](C)O4)[C@H](C)O3)[C@@H](C)/C=C/C=C3\CO[C@@H]4[C@H](O)C(C)=C[C@@H](C(=O)O1)[C@]34O)O2. The molecule has 0 aromatic carbocycles. The zero-order valence-electron chi connectivity index (χ0n) is 80.1. The van der Waals surface area contributed by atoms with Crippen LogP contribution in [0.15, 0.2) is 119 Å². The van der Waals surface area contributed by atoms with Crippen molar-refractivity contribution in [1.29, 1.82) is 0 Å². The number of rotatable bonds is 20. The molecule has 2 unspecified atom stereocenters. The fourth-order valence-corrected chi connectivity index (χ4v) is 22.2. The van der Waals surface area contributed by atoms with Crippen LogP contribution in [0.2, 0.25) is 0 Å². The Morgan fingerprint density at radius 1 is 0.473 bits per heavy atom. The molecule has 732 valence electrons. The smallest absolute Gasteiger partial charge is 0.316 e. The van der Waals surface area contributed by atoms with Crippen molar-refractivity contribution in [3.05, 3.63) is 119 Å². The standard InChI is InChI=1S/C99H148N4O28/c1-21-50(3)86-56(9)33-35-96(130-86)45-68-39-66(128-96)31-29-54(7)84(52(5)25-23-27-64-47-116-90-82(104)58(11)37-70(92(106)122-68)98(64,90)110)124-78-43-74(114-19)88(62(15)120-78)126-76-41-72(112-17)80(60(13)118-76)102-94(108)100-49-101-95(109)103-81-61(14)119-77(42-73(81)113-18)127-89-63(16)121-79(44-75(89)115-20)125-85-53(6)26-24-28-65-48-117-91-83(105)59(12)38-71(99(65,91)111)93(107)123-69-40-67(32-30-55(85)8)129-97(46-69)36-34-57(10)87(131-97)51(4)22-2/h23-30,33-38,50-53,56-57,60-63,66-91,104-105,110-111H,21-22,31-32,39-49H2,1-20H3,(H2,100,102,108)(H2,101,103,109)/b25-23+,26-24+,54-29+,55-30+,64-27+,65-28+/t50?,51?,52-,53-,56-,57-,60-,61-,62-,63-,66+,67+,68-,69-,70-,71-,72-,73-,74-,75-,76-,77-,78-,79-,80+,81+,82+,83+,84-,85-,86+,87+,88-,89-,90+,91+,96+,97+,98+,99+/m0/s1. The van der Waals surface area contributed by atoms with Gasteiger partial charge in [0.05, 0.1) is 117 Å². The van der Waals surface area contributed by atoms with E-state index in [0.29, 0.717) is 48.0 Å². The van der Waals surface area contributed by atoms with E-state index in [1.54, 1.807) is 66.6 Å². The van der Waals surface area contributed by atoms with Crippen LogP contribution in [0.5, 0.6) is 0 Å². The van der Waals surface area contributed by atoms with Crippen LogP contribution in [0.25, 0.3) is 0 Å². The van der Waals surface area contributed by atoms with Crippen molar-refractivity contribution in [1.82, 2.24) is 21.3 Å². The van der Waals surface area contributed by atoms with Crippen molar-refractivity contribution in [2.75, 3.05) is 48.3 Å². The van der Waals surface area contributed by atoms with Crippen LogP contribution in [0.1, 0.15) is 188 Å². The van der Waals surface area contributed by atoms with Gasteiger partial charge in [0.2, 0.25) is 0 Å². The highest BCUT2D eigenvalue weighted by atomic mass is 16.8. The fourth-order valence-electron chi connectivity index (χ4n) is 22.2. The monoisotopic (exact) mass is 1840 g/mol. The van der Waals surface area contributed by atoms with Crippen molar-refractivity contribution in [3.8, 4) is 0 Å². The van der Waals surface area contributed by atoms with Crippen LogP contribution in [0, 0.1) is 47.3 Å². The van der Waals surface area contributed by atoms with Gasteiger partial charge >= 0.3 is 24.0 Å². The van der Waals surface area contributed by atoms with Gasteiger partial charge in [-0.15, -0.1) is 0 Å². The summed E-state index contributed by atoms with van der Waals surface area (Å²) in [5, 5.41) is 59.7. The third-order valence-electron chi connectivity index (χ3n) is 30.2. The van der Waals surface area contributed by atoms with Gasteiger partial charge in [-0.05, 0) is 126 Å². The predicted molar refractivity (Wildman–Crippen MR) is 478 cm³/mol. The lowest BCUT2D eigenvalue weighted by Crippen LogP contribution is -2.61. The number of aliphatic hydroxyl groups excluding tert-OH is 2. The van der Waals surface area contributed by atoms with Gasteiger partial charge in [-0.25, -0.2) is 9.59 Å². The number of hydrogen-bond donors (Lipinski definition) is 8. The maximum atomic E-state index is 14.6. The number of carbonyl (C=O) groups is 4. The van der Waals surface area contributed by atoms with E-state index in [4.69, 9.17) is 94.7 Å². The van der Waals surface area contributed by atoms with Crippen molar-refractivity contribution >= 4 is 24.0 Å². The molecular weight excluding hydrogens is 1690 g/mol. The van der Waals surface area contributed by atoms with Crippen LogP contribution in [-0.2, 0) is 104 Å². The molecule has 0 saturated carbocycles. The Kier molecular flexibility index (Phi) is 33.1. The quantitative estimate of drug-likeness (QED) is 0.0319. The van der Waals surface area contributed by atoms with Gasteiger partial charge in [-0.2, -0.15) is 0 Å². The summed E-state index contributed by atoms with van der Waals surface area (Å²) in [6, 6.07) is -2.45. The van der Waals surface area contributed by atoms with Gasteiger partial charge in [0.25, 0.3) is 0 Å². The molecule has 0 aromatic heterocycles. The number of aliphatic hydroxyl groups is 4. The van der Waals surface area contributed by atoms with Gasteiger partial charge in [-0.1, -0.05) is 141 Å². The van der Waals surface area contributed by atoms with E-state index >= 15 is 0 Å². The number of allylic oxidation sites excluding steroid dienone is 4. The van der Waals surface area contributed by atoms with Crippen molar-refractivity contribution in [2.45, 2.75) is 382 Å². The van der Waals surface area contributed by atoms with E-state index in [1.807, 2.05) is 91.8 Å². The van der Waals surface area contributed by atoms with Crippen LogP contribution in [-0.4, -0.2) is 287 Å². The Labute approximate surface area is 772 Å². The topological polar surface area (TPSA) is 382 Å². The molecular formula is C99H148N4O28. The van der Waals surface area contributed by atoms with E-state index in [9.17, 15) is 39.6 Å². The summed E-state index contributed by atoms with van der Waals surface area (Å²) < 4.78 is 132. The molecule has 0 aromatic rings. The van der Waals surface area contributed by atoms with E-state index < -0.39 is 218 Å². The summed E-state index contributed by atoms with van der Waals surface area (Å²) in [6.45, 7) is 31.6. The molecule has 32 heteroatoms. The van der Waals surface area contributed by atoms with Crippen LogP contribution < -0.4 is 21.3 Å². The molecule has 4 bridgehead atoms. The molecule has 12 aliphatic heterocycles. The molecule has 0 radical (unpaired) electrons. The van der Waals surface area contributed by atoms with Crippen molar-refractivity contribution in [3.63, 3.8) is 0 Å². The van der Waals surface area contributed by atoms with Gasteiger partial charge in [0.1, 0.15) is 71.9 Å². The van der Waals surface area contributed by atoms with Crippen LogP contribution in [0.3, 0.4) is 0 Å². The third kappa shape index (κ3) is 21.9. The fraction of sp³-hybridized carbons (Fsp3) is 0.758. The van der Waals surface area contributed by atoms with E-state index in [2.05, 4.69) is 87.1 Å². The van der Waals surface area contributed by atoms with Crippen LogP contribution in [0.4, 0.5) is 9.59 Å². The lowest BCUT2D eigenvalue weighted by molar-refractivity contribution is -0.311. The lowest BCUT2D eigenvalue weighted by Gasteiger charge is -2.48. The first-order chi connectivity index (χ1) is 62.4. The lowest BCUT2D eigenvalue weighted by atomic mass is 9.71. The molecule has 32 nitrogen and oxygen atoms in total. The molecule has 8 fully saturated rings. The predicted octanol–water partition coefficient (Wildman–Crippen LogP) is 10.3. The molecule has 12 heterocycles. The number of methoxy groups -OCH3 is 4. The summed E-state index contributed by atoms with van der Waals surface area (Å²) in [6.07, 6.45) is 14.7. The minimum absolute atomic E-state index is 0.0174. The molecule has 40 atom stereocenters. The highest BCUT2D eigenvalue weighted by molar-refractivity contribution is 5.80. The van der Waals surface area contributed by atoms with E-state index in [0.717, 1.165) is 24.0 Å². The summed E-state index contributed by atoms with van der Waals surface area (Å²) in [4.78, 5) is 56.6. The highest BCUT2D eigenvalue weighted by Gasteiger charge is 2.63. The van der Waals surface area contributed by atoms with E-state index in [1.165, 1.54) is 0 Å². The molecule has 2 aliphatic carbocycles. The Hall–Kier alpha value is -6.00. The maximum Gasteiger partial charge on any atom is 0.316 e. The average molecular weight is 1840 g/mol. The summed E-state index contributed by atoms with van der Waals surface area (Å²) in [7, 11) is 6.35. The Morgan fingerprint density at radius 2 is 0.840 bits per heavy atom. The number of nitrogens with one attached hydrogen (secondary N) is 4. The average Bonchev–Trinajstić information content (AvgIpc) is 1.65. The molecule has 2 spiro atoms. The second-order valence-corrected chi connectivity index (χ2v) is 39.5. The highest BCUT2D eigenvalue weighted by Crippen LogP contribution is 2.51. The van der Waals surface area contributed by atoms with Gasteiger partial charge in [-0.3, -0.25) is 9.59 Å². The molecule has 4 amide bonds. The summed E-state index contributed by atoms with van der Waals surface area (Å²) in [5.74, 6) is -5.81. The Morgan fingerprint density at radius 3 is 1.21 bits per heavy atom. The molecule has 14 aliphatic rings. The minimum atomic E-state index is -1.90. The first-order valence-corrected chi connectivity index (χ1v) is 47.9. The number of hydrogen-bond acceptors (Lipinski definition) is 28. The van der Waals surface area contributed by atoms with Crippen LogP contribution >= 0.6 is 0 Å². The number of amides is 4. The molecule has 8 N–H and O–H groups in total. The molecule has 14 rings (SSSR count). The first-order valence-electron chi connectivity index (χ1n) is 47.9. The van der Waals surface area contributed by atoms with Gasteiger partial charge < -0.3 is 136 Å². The van der Waals surface area contributed by atoms with Gasteiger partial charge in [0, 0.05) is 103 Å². The second-order valence-electron chi connectivity index (χ2n) is 39.5. The third-order valence-corrected chi connectivity index (χ3v) is 30.2. The van der Waals surface area contributed by atoms with E-state index in [-0.39, 0.29) is 106 Å². The molecule has 8 saturated heterocycles. The number of ether oxygens (including phenoxy) is 20. The molecule has 131 heavy (non-hydrogen) atoms.